The molecule has 154 valence electrons. The van der Waals surface area contributed by atoms with E-state index in [9.17, 15) is 0 Å². The highest BCUT2D eigenvalue weighted by molar-refractivity contribution is 9.10. The number of halogens is 1. The van der Waals surface area contributed by atoms with Crippen LogP contribution in [0.4, 0.5) is 0 Å². The number of H-pyrrole nitrogens is 1. The summed E-state index contributed by atoms with van der Waals surface area (Å²) in [5.74, 6) is 0. The Bertz CT molecular complexity index is 749. The Morgan fingerprint density at radius 3 is 2.68 bits per heavy atom. The van der Waals surface area contributed by atoms with E-state index in [1.54, 1.807) is 0 Å². The van der Waals surface area contributed by atoms with Gasteiger partial charge in [-0.05, 0) is 54.0 Å². The molecule has 28 heavy (non-hydrogen) atoms. The van der Waals surface area contributed by atoms with Crippen molar-refractivity contribution in [1.82, 2.24) is 15.1 Å². The second-order valence-electron chi connectivity index (χ2n) is 8.72. The van der Waals surface area contributed by atoms with Gasteiger partial charge in [-0.1, -0.05) is 50.1 Å². The Morgan fingerprint density at radius 2 is 2.04 bits per heavy atom. The van der Waals surface area contributed by atoms with Crippen LogP contribution in [-0.4, -0.2) is 42.1 Å². The number of likely N-dealkylation sites (tertiary alicyclic amines) is 1. The van der Waals surface area contributed by atoms with Crippen molar-refractivity contribution in [3.63, 3.8) is 0 Å². The monoisotopic (exact) mass is 463 g/mol. The first-order valence-electron chi connectivity index (χ1n) is 10.5. The molecule has 2 atom stereocenters. The van der Waals surface area contributed by atoms with Crippen LogP contribution in [0.1, 0.15) is 43.1 Å². The van der Waals surface area contributed by atoms with Gasteiger partial charge in [-0.3, -0.25) is 10.00 Å². The van der Waals surface area contributed by atoms with Gasteiger partial charge in [0.1, 0.15) is 0 Å². The van der Waals surface area contributed by atoms with Crippen molar-refractivity contribution in [1.29, 1.82) is 0 Å². The molecule has 6 heteroatoms. The molecule has 0 bridgehead atoms. The maximum Gasteiger partial charge on any atom is 0.187 e. The lowest BCUT2D eigenvalue weighted by Crippen LogP contribution is -2.36. The van der Waals surface area contributed by atoms with Crippen LogP contribution in [0.3, 0.4) is 0 Å². The summed E-state index contributed by atoms with van der Waals surface area (Å²) in [6.07, 6.45) is 4.91. The number of aryl methyl sites for hydroxylation is 1. The van der Waals surface area contributed by atoms with Crippen LogP contribution in [0.25, 0.3) is 0 Å². The molecule has 1 fully saturated rings. The second kappa shape index (κ2) is 9.70. The van der Waals surface area contributed by atoms with Gasteiger partial charge in [-0.2, -0.15) is 5.10 Å². The van der Waals surface area contributed by atoms with Gasteiger partial charge < -0.3 is 4.43 Å². The van der Waals surface area contributed by atoms with E-state index in [2.05, 4.69) is 88.3 Å². The predicted molar refractivity (Wildman–Crippen MR) is 122 cm³/mol. The summed E-state index contributed by atoms with van der Waals surface area (Å²) in [5.41, 5.74) is 3.60. The highest BCUT2D eigenvalue weighted by Gasteiger charge is 2.37. The van der Waals surface area contributed by atoms with E-state index >= 15 is 0 Å². The molecule has 2 heterocycles. The highest BCUT2D eigenvalue weighted by atomic mass is 79.9. The van der Waals surface area contributed by atoms with Crippen molar-refractivity contribution < 1.29 is 4.43 Å². The molecule has 2 aromatic rings. The number of benzene rings is 1. The van der Waals surface area contributed by atoms with E-state index in [1.807, 2.05) is 0 Å². The number of unbranched alkanes of at least 4 members (excludes halogenated alkanes) is 1. The topological polar surface area (TPSA) is 41.1 Å². The highest BCUT2D eigenvalue weighted by Crippen LogP contribution is 2.30. The van der Waals surface area contributed by atoms with Crippen LogP contribution >= 0.6 is 15.9 Å². The van der Waals surface area contributed by atoms with E-state index in [0.717, 1.165) is 41.8 Å². The Balaban J connectivity index is 1.71. The van der Waals surface area contributed by atoms with Crippen LogP contribution in [0.2, 0.25) is 19.1 Å². The third-order valence-corrected chi connectivity index (χ3v) is 9.29. The number of hydrogen-bond donors (Lipinski definition) is 1. The molecule has 1 N–H and O–H groups in total. The van der Waals surface area contributed by atoms with Crippen molar-refractivity contribution >= 4 is 24.2 Å². The van der Waals surface area contributed by atoms with Gasteiger partial charge in [0.2, 0.25) is 0 Å². The smallest absolute Gasteiger partial charge is 0.187 e. The Labute approximate surface area is 179 Å². The predicted octanol–water partition coefficient (Wildman–Crippen LogP) is 5.69. The minimum Gasteiger partial charge on any atom is -0.413 e. The van der Waals surface area contributed by atoms with Crippen LogP contribution in [0.15, 0.2) is 34.8 Å². The normalized spacial score (nSPS) is 20.8. The molecule has 1 saturated heterocycles. The zero-order valence-corrected chi connectivity index (χ0v) is 20.3. The average molecular weight is 465 g/mol. The third-order valence-electron chi connectivity index (χ3n) is 5.71. The minimum atomic E-state index is -1.60. The number of aromatic nitrogens is 2. The quantitative estimate of drug-likeness (QED) is 0.485. The minimum absolute atomic E-state index is 0.339. The Kier molecular flexibility index (Phi) is 7.53. The molecule has 0 aliphatic carbocycles. The van der Waals surface area contributed by atoms with Crippen LogP contribution in [0, 0.1) is 6.92 Å². The SMILES string of the molecule is CCCC[Si](C)(C)O[C@@H]1C[C@@H](Cc2n[nH]c(C)c2Br)N(Cc2ccccc2)C1. The average Bonchev–Trinajstić information content (AvgIpc) is 3.18. The zero-order valence-electron chi connectivity index (χ0n) is 17.7. The summed E-state index contributed by atoms with van der Waals surface area (Å²) in [6.45, 7) is 11.1. The first-order chi connectivity index (χ1) is 13.4. The molecule has 3 rings (SSSR count). The van der Waals surface area contributed by atoms with Crippen molar-refractivity contribution in [2.75, 3.05) is 6.54 Å². The van der Waals surface area contributed by atoms with Gasteiger partial charge in [-0.15, -0.1) is 0 Å². The lowest BCUT2D eigenvalue weighted by atomic mass is 10.1. The van der Waals surface area contributed by atoms with Gasteiger partial charge in [0.25, 0.3) is 0 Å². The molecule has 0 saturated carbocycles. The van der Waals surface area contributed by atoms with Crippen molar-refractivity contribution in [2.45, 2.75) is 77.4 Å². The first-order valence-corrected chi connectivity index (χ1v) is 14.4. The fourth-order valence-corrected chi connectivity index (χ4v) is 6.92. The molecule has 4 nitrogen and oxygen atoms in total. The summed E-state index contributed by atoms with van der Waals surface area (Å²) in [6, 6.07) is 12.5. The zero-order chi connectivity index (χ0) is 20.1. The van der Waals surface area contributed by atoms with Crippen LogP contribution < -0.4 is 0 Å². The lowest BCUT2D eigenvalue weighted by Gasteiger charge is -2.27. The standard InChI is InChI=1S/C22H34BrN3OSi/c1-5-6-12-28(3,4)27-20-13-19(14-21-22(23)17(2)24-25-21)26(16-20)15-18-10-8-7-9-11-18/h7-11,19-20H,5-6,12-16H2,1-4H3,(H,24,25)/t19-,20+/m0/s1. The van der Waals surface area contributed by atoms with E-state index in [0.29, 0.717) is 12.1 Å². The Morgan fingerprint density at radius 1 is 1.29 bits per heavy atom. The number of rotatable bonds is 9. The van der Waals surface area contributed by atoms with Crippen molar-refractivity contribution in [2.24, 2.45) is 0 Å². The van der Waals surface area contributed by atoms with Gasteiger partial charge in [0.05, 0.1) is 16.3 Å². The fraction of sp³-hybridized carbons (Fsp3) is 0.591. The molecule has 0 unspecified atom stereocenters. The molecule has 1 aromatic heterocycles. The number of nitrogens with one attached hydrogen (secondary N) is 1. The van der Waals surface area contributed by atoms with E-state index < -0.39 is 8.32 Å². The first kappa shape index (κ1) is 21.7. The molecular weight excluding hydrogens is 430 g/mol. The largest absolute Gasteiger partial charge is 0.413 e. The summed E-state index contributed by atoms with van der Waals surface area (Å²) in [5, 5.41) is 7.64. The van der Waals surface area contributed by atoms with Crippen molar-refractivity contribution in [3.8, 4) is 0 Å². The molecular formula is C22H34BrN3OSi. The fourth-order valence-electron chi connectivity index (χ4n) is 4.18. The van der Waals surface area contributed by atoms with Crippen molar-refractivity contribution in [3.05, 3.63) is 51.8 Å². The maximum absolute atomic E-state index is 6.73. The Hall–Kier alpha value is -0.953. The molecule has 0 spiro atoms. The molecule has 1 aliphatic rings. The van der Waals surface area contributed by atoms with Gasteiger partial charge in [0.15, 0.2) is 8.32 Å². The van der Waals surface area contributed by atoms with Crippen LogP contribution in [-0.2, 0) is 17.4 Å². The van der Waals surface area contributed by atoms with Gasteiger partial charge >= 0.3 is 0 Å². The van der Waals surface area contributed by atoms with Gasteiger partial charge in [-0.25, -0.2) is 0 Å². The summed E-state index contributed by atoms with van der Waals surface area (Å²) in [4.78, 5) is 2.60. The molecule has 1 aliphatic heterocycles. The summed E-state index contributed by atoms with van der Waals surface area (Å²) in [7, 11) is -1.60. The number of nitrogens with zero attached hydrogens (tertiary/aromatic N) is 2. The summed E-state index contributed by atoms with van der Waals surface area (Å²) >= 11 is 3.70. The molecule has 1 aromatic carbocycles. The van der Waals surface area contributed by atoms with Crippen LogP contribution in [0.5, 0.6) is 0 Å². The number of hydrogen-bond acceptors (Lipinski definition) is 3. The number of aromatic amines is 1. The lowest BCUT2D eigenvalue weighted by molar-refractivity contribution is 0.185. The van der Waals surface area contributed by atoms with Gasteiger partial charge in [0, 0.05) is 31.2 Å². The molecule has 0 amide bonds. The maximum atomic E-state index is 6.73. The van der Waals surface area contributed by atoms with E-state index in [4.69, 9.17) is 4.43 Å². The third kappa shape index (κ3) is 5.78. The van der Waals surface area contributed by atoms with E-state index in [1.165, 1.54) is 24.4 Å². The molecule has 0 radical (unpaired) electrons. The second-order valence-corrected chi connectivity index (χ2v) is 13.8. The summed E-state index contributed by atoms with van der Waals surface area (Å²) < 4.78 is 7.85. The van der Waals surface area contributed by atoms with E-state index in [-0.39, 0.29) is 0 Å².